The highest BCUT2D eigenvalue weighted by Gasteiger charge is 2.52. The standard InChI is InChI=1S/C21H34BNO4/c1-14(2)18(24)13-23-9-8-15-10-16(11-19(25-7)17(15)12-23)22-26-20(3,4)21(5,6)27-22/h10-11,14,18,24H,8-9,12-13H2,1-7H3. The van der Waals surface area contributed by atoms with Crippen LogP contribution in [0.25, 0.3) is 0 Å². The summed E-state index contributed by atoms with van der Waals surface area (Å²) in [6.45, 7) is 14.8. The van der Waals surface area contributed by atoms with Gasteiger partial charge in [-0.2, -0.15) is 0 Å². The van der Waals surface area contributed by atoms with E-state index in [2.05, 4.69) is 52.5 Å². The van der Waals surface area contributed by atoms with Crippen LogP contribution < -0.4 is 10.2 Å². The van der Waals surface area contributed by atoms with E-state index >= 15 is 0 Å². The first-order valence-electron chi connectivity index (χ1n) is 10.00. The molecule has 150 valence electrons. The summed E-state index contributed by atoms with van der Waals surface area (Å²) in [5.41, 5.74) is 2.80. The molecule has 1 atom stereocenters. The van der Waals surface area contributed by atoms with Crippen LogP contribution in [0, 0.1) is 5.92 Å². The summed E-state index contributed by atoms with van der Waals surface area (Å²) in [6.07, 6.45) is 0.630. The quantitative estimate of drug-likeness (QED) is 0.801. The van der Waals surface area contributed by atoms with Crippen molar-refractivity contribution in [3.63, 3.8) is 0 Å². The summed E-state index contributed by atoms with van der Waals surface area (Å²) < 4.78 is 18.2. The molecule has 1 saturated heterocycles. The lowest BCUT2D eigenvalue weighted by molar-refractivity contribution is 0.00578. The molecule has 1 aromatic rings. The van der Waals surface area contributed by atoms with Crippen LogP contribution in [0.4, 0.5) is 0 Å². The van der Waals surface area contributed by atoms with Crippen LogP contribution in [0.2, 0.25) is 0 Å². The summed E-state index contributed by atoms with van der Waals surface area (Å²) in [7, 11) is 1.33. The lowest BCUT2D eigenvalue weighted by atomic mass is 9.76. The van der Waals surface area contributed by atoms with Gasteiger partial charge in [-0.15, -0.1) is 0 Å². The Bertz CT molecular complexity index is 656. The molecule has 1 N–H and O–H groups in total. The third-order valence-electron chi connectivity index (χ3n) is 6.36. The van der Waals surface area contributed by atoms with Gasteiger partial charge in [0.2, 0.25) is 0 Å². The molecule has 5 nitrogen and oxygen atoms in total. The maximum atomic E-state index is 10.2. The molecule has 0 amide bonds. The van der Waals surface area contributed by atoms with Gasteiger partial charge in [0.05, 0.1) is 24.4 Å². The molecule has 6 heteroatoms. The summed E-state index contributed by atoms with van der Waals surface area (Å²) in [6, 6.07) is 4.25. The number of benzene rings is 1. The summed E-state index contributed by atoms with van der Waals surface area (Å²) in [5.74, 6) is 1.14. The van der Waals surface area contributed by atoms with Crippen molar-refractivity contribution in [1.82, 2.24) is 4.90 Å². The van der Waals surface area contributed by atoms with Crippen LogP contribution in [-0.2, 0) is 22.3 Å². The van der Waals surface area contributed by atoms with Gasteiger partial charge in [0.1, 0.15) is 5.75 Å². The van der Waals surface area contributed by atoms with E-state index < -0.39 is 0 Å². The highest BCUT2D eigenvalue weighted by atomic mass is 16.7. The minimum atomic E-state index is -0.380. The molecule has 2 heterocycles. The Morgan fingerprint density at radius 3 is 2.37 bits per heavy atom. The zero-order valence-electron chi connectivity index (χ0n) is 17.8. The van der Waals surface area contributed by atoms with Crippen LogP contribution in [0.5, 0.6) is 5.75 Å². The molecule has 0 aromatic heterocycles. The Hall–Kier alpha value is -1.08. The van der Waals surface area contributed by atoms with E-state index in [1.165, 1.54) is 11.1 Å². The molecule has 0 spiro atoms. The van der Waals surface area contributed by atoms with Crippen molar-refractivity contribution in [3.05, 3.63) is 23.3 Å². The Morgan fingerprint density at radius 2 is 1.81 bits per heavy atom. The first kappa shape index (κ1) is 20.7. The van der Waals surface area contributed by atoms with Crippen LogP contribution in [0.3, 0.4) is 0 Å². The van der Waals surface area contributed by atoms with Gasteiger partial charge in [-0.3, -0.25) is 4.90 Å². The van der Waals surface area contributed by atoms with E-state index in [9.17, 15) is 5.11 Å². The Balaban J connectivity index is 1.83. The zero-order valence-corrected chi connectivity index (χ0v) is 17.8. The van der Waals surface area contributed by atoms with Crippen molar-refractivity contribution in [1.29, 1.82) is 0 Å². The van der Waals surface area contributed by atoms with Crippen molar-refractivity contribution in [2.75, 3.05) is 20.2 Å². The molecule has 0 saturated carbocycles. The molecule has 0 bridgehead atoms. The maximum absolute atomic E-state index is 10.2. The number of hydrogen-bond acceptors (Lipinski definition) is 5. The number of aliphatic hydroxyl groups is 1. The topological polar surface area (TPSA) is 51.2 Å². The van der Waals surface area contributed by atoms with Gasteiger partial charge < -0.3 is 19.2 Å². The highest BCUT2D eigenvalue weighted by Crippen LogP contribution is 2.37. The van der Waals surface area contributed by atoms with E-state index in [-0.39, 0.29) is 30.3 Å². The molecular weight excluding hydrogens is 341 g/mol. The van der Waals surface area contributed by atoms with Gasteiger partial charge in [0.25, 0.3) is 0 Å². The molecular formula is C21H34BNO4. The van der Waals surface area contributed by atoms with Gasteiger partial charge in [-0.05, 0) is 57.1 Å². The second-order valence-corrected chi connectivity index (χ2v) is 9.25. The number of ether oxygens (including phenoxy) is 1. The molecule has 27 heavy (non-hydrogen) atoms. The summed E-state index contributed by atoms with van der Waals surface area (Å²) in [5, 5.41) is 10.2. The van der Waals surface area contributed by atoms with Crippen LogP contribution >= 0.6 is 0 Å². The van der Waals surface area contributed by atoms with E-state index in [1.807, 2.05) is 6.07 Å². The second kappa shape index (κ2) is 7.39. The molecule has 0 aliphatic carbocycles. The fourth-order valence-electron chi connectivity index (χ4n) is 3.64. The number of β-amino-alcohol motifs (C(OH)–C–C–N with tert-alkyl or cyclic N) is 1. The average molecular weight is 375 g/mol. The first-order chi connectivity index (χ1) is 12.5. The van der Waals surface area contributed by atoms with Gasteiger partial charge in [0, 0.05) is 25.2 Å². The van der Waals surface area contributed by atoms with E-state index in [1.54, 1.807) is 7.11 Å². The number of fused-ring (bicyclic) bond motifs is 1. The number of rotatable bonds is 5. The number of hydrogen-bond donors (Lipinski definition) is 1. The van der Waals surface area contributed by atoms with Crippen LogP contribution in [-0.4, -0.2) is 54.6 Å². The summed E-state index contributed by atoms with van der Waals surface area (Å²) >= 11 is 0. The number of methoxy groups -OCH3 is 1. The van der Waals surface area contributed by atoms with Gasteiger partial charge in [-0.1, -0.05) is 19.9 Å². The fourth-order valence-corrected chi connectivity index (χ4v) is 3.64. The third kappa shape index (κ3) is 4.04. The molecule has 3 rings (SSSR count). The first-order valence-corrected chi connectivity index (χ1v) is 10.00. The van der Waals surface area contributed by atoms with Gasteiger partial charge in [0.15, 0.2) is 0 Å². The van der Waals surface area contributed by atoms with Gasteiger partial charge >= 0.3 is 7.12 Å². The van der Waals surface area contributed by atoms with Crippen molar-refractivity contribution >= 4 is 12.6 Å². The Morgan fingerprint density at radius 1 is 1.19 bits per heavy atom. The van der Waals surface area contributed by atoms with Crippen molar-refractivity contribution in [2.24, 2.45) is 5.92 Å². The lowest BCUT2D eigenvalue weighted by Crippen LogP contribution is -2.41. The number of nitrogens with zero attached hydrogens (tertiary/aromatic N) is 1. The second-order valence-electron chi connectivity index (χ2n) is 9.25. The largest absolute Gasteiger partial charge is 0.496 e. The molecule has 1 aromatic carbocycles. The lowest BCUT2D eigenvalue weighted by Gasteiger charge is -2.32. The van der Waals surface area contributed by atoms with Crippen LogP contribution in [0.15, 0.2) is 12.1 Å². The normalized spacial score (nSPS) is 22.8. The monoisotopic (exact) mass is 375 g/mol. The van der Waals surface area contributed by atoms with E-state index in [0.717, 1.165) is 30.7 Å². The molecule has 0 radical (unpaired) electrons. The van der Waals surface area contributed by atoms with Crippen LogP contribution in [0.1, 0.15) is 52.7 Å². The maximum Gasteiger partial charge on any atom is 0.494 e. The highest BCUT2D eigenvalue weighted by molar-refractivity contribution is 6.62. The molecule has 1 unspecified atom stereocenters. The molecule has 2 aliphatic rings. The smallest absolute Gasteiger partial charge is 0.494 e. The number of aliphatic hydroxyl groups excluding tert-OH is 1. The minimum Gasteiger partial charge on any atom is -0.496 e. The van der Waals surface area contributed by atoms with Gasteiger partial charge in [-0.25, -0.2) is 0 Å². The zero-order chi connectivity index (χ0) is 20.0. The van der Waals surface area contributed by atoms with Crippen molar-refractivity contribution in [2.45, 2.75) is 71.8 Å². The van der Waals surface area contributed by atoms with Crippen molar-refractivity contribution < 1.29 is 19.2 Å². The molecule has 1 fully saturated rings. The molecule has 2 aliphatic heterocycles. The van der Waals surface area contributed by atoms with E-state index in [0.29, 0.717) is 6.54 Å². The fraction of sp³-hybridized carbons (Fsp3) is 0.714. The Labute approximate surface area is 164 Å². The predicted octanol–water partition coefficient (Wildman–Crippen LogP) is 2.37. The third-order valence-corrected chi connectivity index (χ3v) is 6.36. The van der Waals surface area contributed by atoms with Crippen molar-refractivity contribution in [3.8, 4) is 5.75 Å². The SMILES string of the molecule is COc1cc(B2OC(C)(C)C(C)(C)O2)cc2c1CN(CC(O)C(C)C)CC2. The Kier molecular flexibility index (Phi) is 5.66. The predicted molar refractivity (Wildman–Crippen MR) is 109 cm³/mol. The van der Waals surface area contributed by atoms with E-state index in [4.69, 9.17) is 14.0 Å². The summed E-state index contributed by atoms with van der Waals surface area (Å²) in [4.78, 5) is 2.31. The minimum absolute atomic E-state index is 0.263. The average Bonchev–Trinajstić information content (AvgIpc) is 2.81.